The molecule has 0 aliphatic carbocycles. The van der Waals surface area contributed by atoms with E-state index in [4.69, 9.17) is 9.26 Å². The highest BCUT2D eigenvalue weighted by Gasteiger charge is 2.33. The van der Waals surface area contributed by atoms with Crippen LogP contribution in [-0.2, 0) is 6.18 Å². The Hall–Kier alpha value is -3.82. The standard InChI is InChI=1S/C20H14F3N3O4/c1-10-3-5-14(29-2)12(7-10)18-13-8-11(4-6-15(13)30-25-18)26-17(27)9-16(20(21,22)23)24-19(26)28/h3-9H,1-2H3,(H,24,28). The van der Waals surface area contributed by atoms with Crippen molar-refractivity contribution in [2.24, 2.45) is 0 Å². The third-order valence-electron chi connectivity index (χ3n) is 4.56. The molecule has 0 bridgehead atoms. The predicted molar refractivity (Wildman–Crippen MR) is 102 cm³/mol. The number of aromatic amines is 1. The number of rotatable bonds is 3. The van der Waals surface area contributed by atoms with E-state index in [-0.39, 0.29) is 5.69 Å². The molecule has 0 atom stereocenters. The number of halogens is 3. The summed E-state index contributed by atoms with van der Waals surface area (Å²) >= 11 is 0. The summed E-state index contributed by atoms with van der Waals surface area (Å²) in [5, 5.41) is 4.52. The number of hydrogen-bond acceptors (Lipinski definition) is 5. The molecule has 2 aromatic heterocycles. The molecule has 4 rings (SSSR count). The molecule has 7 nitrogen and oxygen atoms in total. The minimum Gasteiger partial charge on any atom is -0.496 e. The van der Waals surface area contributed by atoms with Crippen molar-refractivity contribution in [3.8, 4) is 22.7 Å². The van der Waals surface area contributed by atoms with Crippen molar-refractivity contribution in [2.75, 3.05) is 7.11 Å². The first-order valence-electron chi connectivity index (χ1n) is 8.67. The number of H-pyrrole nitrogens is 1. The maximum Gasteiger partial charge on any atom is 0.431 e. The van der Waals surface area contributed by atoms with Crippen LogP contribution in [0.5, 0.6) is 5.75 Å². The highest BCUT2D eigenvalue weighted by atomic mass is 19.4. The zero-order valence-electron chi connectivity index (χ0n) is 15.7. The number of fused-ring (bicyclic) bond motifs is 1. The Labute approximate surface area is 166 Å². The molecule has 0 saturated carbocycles. The number of methoxy groups -OCH3 is 1. The number of nitrogens with one attached hydrogen (secondary N) is 1. The van der Waals surface area contributed by atoms with E-state index in [1.54, 1.807) is 11.1 Å². The van der Waals surface area contributed by atoms with Crippen LogP contribution < -0.4 is 16.0 Å². The maximum absolute atomic E-state index is 12.8. The SMILES string of the molecule is COc1ccc(C)cc1-c1noc2ccc(-n3c(=O)cc(C(F)(F)F)[nH]c3=O)cc12. The normalized spacial score (nSPS) is 11.8. The number of alkyl halides is 3. The van der Waals surface area contributed by atoms with Gasteiger partial charge in [0, 0.05) is 11.6 Å². The second-order valence-corrected chi connectivity index (χ2v) is 6.57. The second-order valence-electron chi connectivity index (χ2n) is 6.57. The summed E-state index contributed by atoms with van der Waals surface area (Å²) in [7, 11) is 1.50. The van der Waals surface area contributed by atoms with E-state index in [9.17, 15) is 22.8 Å². The van der Waals surface area contributed by atoms with Gasteiger partial charge in [-0.15, -0.1) is 0 Å². The number of benzene rings is 2. The van der Waals surface area contributed by atoms with Crippen molar-refractivity contribution in [3.05, 3.63) is 74.6 Å². The Bertz CT molecular complexity index is 1350. The van der Waals surface area contributed by atoms with Gasteiger partial charge in [0.25, 0.3) is 5.56 Å². The molecule has 0 aliphatic heterocycles. The number of ether oxygens (including phenoxy) is 1. The summed E-state index contributed by atoms with van der Waals surface area (Å²) in [6, 6.07) is 10.1. The van der Waals surface area contributed by atoms with Gasteiger partial charge < -0.3 is 14.2 Å². The minimum absolute atomic E-state index is 0.0681. The van der Waals surface area contributed by atoms with Gasteiger partial charge in [0.2, 0.25) is 0 Å². The van der Waals surface area contributed by atoms with Crippen molar-refractivity contribution in [2.45, 2.75) is 13.1 Å². The predicted octanol–water partition coefficient (Wildman–Crippen LogP) is 3.67. The molecule has 0 radical (unpaired) electrons. The molecular weight excluding hydrogens is 403 g/mol. The molecule has 154 valence electrons. The third kappa shape index (κ3) is 3.25. The molecule has 0 unspecified atom stereocenters. The molecule has 0 aliphatic rings. The Morgan fingerprint density at radius 1 is 1.10 bits per heavy atom. The van der Waals surface area contributed by atoms with Crippen molar-refractivity contribution >= 4 is 11.0 Å². The first kappa shape index (κ1) is 19.5. The topological polar surface area (TPSA) is 90.1 Å². The van der Waals surface area contributed by atoms with Gasteiger partial charge >= 0.3 is 11.9 Å². The van der Waals surface area contributed by atoms with Gasteiger partial charge in [-0.25, -0.2) is 9.36 Å². The monoisotopic (exact) mass is 417 g/mol. The van der Waals surface area contributed by atoms with Crippen LogP contribution in [-0.4, -0.2) is 21.8 Å². The quantitative estimate of drug-likeness (QED) is 0.549. The lowest BCUT2D eigenvalue weighted by atomic mass is 10.0. The fourth-order valence-corrected chi connectivity index (χ4v) is 3.16. The highest BCUT2D eigenvalue weighted by molar-refractivity contribution is 5.94. The Morgan fingerprint density at radius 2 is 1.87 bits per heavy atom. The number of aromatic nitrogens is 3. The Morgan fingerprint density at radius 3 is 2.53 bits per heavy atom. The van der Waals surface area contributed by atoms with E-state index >= 15 is 0 Å². The average molecular weight is 417 g/mol. The van der Waals surface area contributed by atoms with Gasteiger partial charge in [-0.3, -0.25) is 4.79 Å². The molecule has 2 heterocycles. The van der Waals surface area contributed by atoms with E-state index in [1.165, 1.54) is 25.3 Å². The first-order valence-corrected chi connectivity index (χ1v) is 8.67. The van der Waals surface area contributed by atoms with E-state index < -0.39 is 23.1 Å². The van der Waals surface area contributed by atoms with Crippen molar-refractivity contribution in [1.82, 2.24) is 14.7 Å². The van der Waals surface area contributed by atoms with Crippen LogP contribution in [0.3, 0.4) is 0 Å². The zero-order chi connectivity index (χ0) is 21.6. The smallest absolute Gasteiger partial charge is 0.431 e. The summed E-state index contributed by atoms with van der Waals surface area (Å²) < 4.78 is 49.8. The third-order valence-corrected chi connectivity index (χ3v) is 4.56. The average Bonchev–Trinajstić information content (AvgIpc) is 3.10. The van der Waals surface area contributed by atoms with Gasteiger partial charge in [0.15, 0.2) is 5.58 Å². The van der Waals surface area contributed by atoms with Crippen molar-refractivity contribution in [3.63, 3.8) is 0 Å². The molecule has 4 aromatic rings. The van der Waals surface area contributed by atoms with Crippen LogP contribution in [0.25, 0.3) is 27.9 Å². The Balaban J connectivity index is 1.93. The second kappa shape index (κ2) is 6.90. The summed E-state index contributed by atoms with van der Waals surface area (Å²) in [6.45, 7) is 1.89. The van der Waals surface area contributed by atoms with Crippen LogP contribution in [0.15, 0.2) is 56.6 Å². The maximum atomic E-state index is 12.8. The summed E-state index contributed by atoms with van der Waals surface area (Å²) in [5.41, 5.74) is -1.33. The number of nitrogens with zero attached hydrogens (tertiary/aromatic N) is 2. The van der Waals surface area contributed by atoms with Crippen LogP contribution in [0.2, 0.25) is 0 Å². The van der Waals surface area contributed by atoms with Gasteiger partial charge in [0.1, 0.15) is 17.1 Å². The fraction of sp³-hybridized carbons (Fsp3) is 0.150. The lowest BCUT2D eigenvalue weighted by Crippen LogP contribution is -2.35. The Kier molecular flexibility index (Phi) is 4.49. The van der Waals surface area contributed by atoms with E-state index in [1.807, 2.05) is 19.1 Å². The minimum atomic E-state index is -4.84. The number of aryl methyl sites for hydroxylation is 1. The molecule has 30 heavy (non-hydrogen) atoms. The fourth-order valence-electron chi connectivity index (χ4n) is 3.16. The molecule has 0 spiro atoms. The molecular formula is C20H14F3N3O4. The van der Waals surface area contributed by atoms with E-state index in [2.05, 4.69) is 5.16 Å². The van der Waals surface area contributed by atoms with Crippen LogP contribution in [0, 0.1) is 6.92 Å². The summed E-state index contributed by atoms with van der Waals surface area (Å²) in [4.78, 5) is 26.2. The molecule has 10 heteroatoms. The number of hydrogen-bond donors (Lipinski definition) is 1. The van der Waals surface area contributed by atoms with Crippen LogP contribution in [0.4, 0.5) is 13.2 Å². The van der Waals surface area contributed by atoms with Crippen molar-refractivity contribution in [1.29, 1.82) is 0 Å². The van der Waals surface area contributed by atoms with Crippen molar-refractivity contribution < 1.29 is 22.4 Å². The van der Waals surface area contributed by atoms with Gasteiger partial charge in [-0.1, -0.05) is 16.8 Å². The van der Waals surface area contributed by atoms with Crippen LogP contribution in [0.1, 0.15) is 11.3 Å². The largest absolute Gasteiger partial charge is 0.496 e. The molecule has 0 fully saturated rings. The van der Waals surface area contributed by atoms with Gasteiger partial charge in [0.05, 0.1) is 18.2 Å². The zero-order valence-corrected chi connectivity index (χ0v) is 15.7. The lowest BCUT2D eigenvalue weighted by molar-refractivity contribution is -0.141. The molecule has 0 amide bonds. The lowest BCUT2D eigenvalue weighted by Gasteiger charge is -2.09. The first-order chi connectivity index (χ1) is 14.2. The van der Waals surface area contributed by atoms with E-state index in [0.29, 0.717) is 38.6 Å². The van der Waals surface area contributed by atoms with Gasteiger partial charge in [-0.2, -0.15) is 13.2 Å². The summed E-state index contributed by atoms with van der Waals surface area (Å²) in [5.74, 6) is 0.533. The van der Waals surface area contributed by atoms with Crippen LogP contribution >= 0.6 is 0 Å². The molecule has 0 saturated heterocycles. The van der Waals surface area contributed by atoms with Gasteiger partial charge in [-0.05, 0) is 37.3 Å². The molecule has 2 aromatic carbocycles. The highest BCUT2D eigenvalue weighted by Crippen LogP contribution is 2.35. The summed E-state index contributed by atoms with van der Waals surface area (Å²) in [6.07, 6.45) is -4.84. The van der Waals surface area contributed by atoms with E-state index in [0.717, 1.165) is 5.56 Å². The molecule has 1 N–H and O–H groups in total.